The van der Waals surface area contributed by atoms with Gasteiger partial charge in [-0.25, -0.2) is 4.39 Å². The summed E-state index contributed by atoms with van der Waals surface area (Å²) in [6.07, 6.45) is 2.18. The largest absolute Gasteiger partial charge is 0.497 e. The maximum atomic E-state index is 13.3. The van der Waals surface area contributed by atoms with Gasteiger partial charge in [-0.3, -0.25) is 19.4 Å². The minimum absolute atomic E-state index is 0.173. The first kappa shape index (κ1) is 23.2. The van der Waals surface area contributed by atoms with Crippen LogP contribution in [0.2, 0.25) is 0 Å². The second-order valence-corrected chi connectivity index (χ2v) is 8.57. The van der Waals surface area contributed by atoms with Gasteiger partial charge in [0.25, 0.3) is 0 Å². The molecule has 2 aromatic rings. The molecule has 2 fully saturated rings. The standard InChI is InChI=1S/C25H31FN4O3/c1-33-22-10-4-19(5-11-22)24(25(32)27-21-8-6-20(26)7-9-21)30-16-14-28(15-17-30)18-23(31)29-12-2-3-13-29/h4-11,24H,2-3,12-18H2,1H3,(H,27,32). The van der Waals surface area contributed by atoms with Crippen LogP contribution < -0.4 is 10.1 Å². The van der Waals surface area contributed by atoms with Crippen molar-refractivity contribution in [2.45, 2.75) is 18.9 Å². The summed E-state index contributed by atoms with van der Waals surface area (Å²) in [7, 11) is 1.61. The third-order valence-electron chi connectivity index (χ3n) is 6.38. The molecule has 2 aromatic carbocycles. The molecule has 8 heteroatoms. The SMILES string of the molecule is COc1ccc(C(C(=O)Nc2ccc(F)cc2)N2CCN(CC(=O)N3CCCC3)CC2)cc1. The summed E-state index contributed by atoms with van der Waals surface area (Å²) < 4.78 is 18.5. The summed E-state index contributed by atoms with van der Waals surface area (Å²) >= 11 is 0. The number of anilines is 1. The summed E-state index contributed by atoms with van der Waals surface area (Å²) in [5.41, 5.74) is 1.41. The third kappa shape index (κ3) is 5.89. The van der Waals surface area contributed by atoms with Gasteiger partial charge in [0, 0.05) is 45.0 Å². The van der Waals surface area contributed by atoms with Gasteiger partial charge >= 0.3 is 0 Å². The van der Waals surface area contributed by atoms with Crippen molar-refractivity contribution < 1.29 is 18.7 Å². The number of hydrogen-bond donors (Lipinski definition) is 1. The Morgan fingerprint density at radius 2 is 1.58 bits per heavy atom. The number of likely N-dealkylation sites (tertiary alicyclic amines) is 1. The van der Waals surface area contributed by atoms with Crippen LogP contribution in [0.4, 0.5) is 10.1 Å². The van der Waals surface area contributed by atoms with Crippen LogP contribution in [-0.2, 0) is 9.59 Å². The molecule has 33 heavy (non-hydrogen) atoms. The van der Waals surface area contributed by atoms with Crippen LogP contribution in [0, 0.1) is 5.82 Å². The number of nitrogens with one attached hydrogen (secondary N) is 1. The molecule has 2 aliphatic heterocycles. The average molecular weight is 455 g/mol. The Hall–Kier alpha value is -2.97. The van der Waals surface area contributed by atoms with Crippen LogP contribution in [0.1, 0.15) is 24.4 Å². The molecule has 1 atom stereocenters. The lowest BCUT2D eigenvalue weighted by Gasteiger charge is -2.39. The van der Waals surface area contributed by atoms with Crippen molar-refractivity contribution in [3.8, 4) is 5.75 Å². The van der Waals surface area contributed by atoms with E-state index < -0.39 is 6.04 Å². The van der Waals surface area contributed by atoms with Crippen molar-refractivity contribution in [1.29, 1.82) is 0 Å². The van der Waals surface area contributed by atoms with Crippen molar-refractivity contribution in [2.75, 3.05) is 58.2 Å². The number of ether oxygens (including phenoxy) is 1. The van der Waals surface area contributed by atoms with E-state index in [1.807, 2.05) is 29.2 Å². The Morgan fingerprint density at radius 3 is 2.18 bits per heavy atom. The molecule has 0 saturated carbocycles. The number of hydrogen-bond acceptors (Lipinski definition) is 5. The fourth-order valence-corrected chi connectivity index (χ4v) is 4.50. The Kier molecular flexibility index (Phi) is 7.57. The van der Waals surface area contributed by atoms with E-state index in [1.165, 1.54) is 12.1 Å². The molecule has 0 spiro atoms. The minimum Gasteiger partial charge on any atom is -0.497 e. The number of piperazine rings is 1. The van der Waals surface area contributed by atoms with Crippen LogP contribution in [0.15, 0.2) is 48.5 Å². The minimum atomic E-state index is -0.502. The summed E-state index contributed by atoms with van der Waals surface area (Å²) in [5.74, 6) is 0.399. The Bertz CT molecular complexity index is 937. The molecule has 0 radical (unpaired) electrons. The smallest absolute Gasteiger partial charge is 0.246 e. The van der Waals surface area contributed by atoms with Gasteiger partial charge in [0.05, 0.1) is 13.7 Å². The van der Waals surface area contributed by atoms with Gasteiger partial charge in [0.1, 0.15) is 17.6 Å². The number of methoxy groups -OCH3 is 1. The van der Waals surface area contributed by atoms with E-state index in [2.05, 4.69) is 15.1 Å². The summed E-state index contributed by atoms with van der Waals surface area (Å²) in [5, 5.41) is 2.92. The number of carbonyl (C=O) groups excluding carboxylic acids is 2. The van der Waals surface area contributed by atoms with E-state index in [0.717, 1.165) is 50.3 Å². The lowest BCUT2D eigenvalue weighted by atomic mass is 10.0. The van der Waals surface area contributed by atoms with Gasteiger partial charge in [0.15, 0.2) is 0 Å². The topological polar surface area (TPSA) is 65.1 Å². The molecule has 1 N–H and O–H groups in total. The first-order chi connectivity index (χ1) is 16.0. The van der Waals surface area contributed by atoms with Gasteiger partial charge in [-0.05, 0) is 54.8 Å². The predicted octanol–water partition coefficient (Wildman–Crippen LogP) is 2.75. The summed E-state index contributed by atoms with van der Waals surface area (Å²) in [6.45, 7) is 4.93. The van der Waals surface area contributed by atoms with Gasteiger partial charge < -0.3 is 15.0 Å². The number of rotatable bonds is 7. The quantitative estimate of drug-likeness (QED) is 0.697. The highest BCUT2D eigenvalue weighted by Crippen LogP contribution is 2.26. The fraction of sp³-hybridized carbons (Fsp3) is 0.440. The van der Waals surface area contributed by atoms with E-state index in [9.17, 15) is 14.0 Å². The molecule has 1 unspecified atom stereocenters. The molecule has 2 aliphatic rings. The third-order valence-corrected chi connectivity index (χ3v) is 6.38. The van der Waals surface area contributed by atoms with Gasteiger partial charge in [-0.2, -0.15) is 0 Å². The summed E-state index contributed by atoms with van der Waals surface area (Å²) in [4.78, 5) is 32.1. The molecule has 4 rings (SSSR count). The van der Waals surface area contributed by atoms with Crippen molar-refractivity contribution in [1.82, 2.24) is 14.7 Å². The van der Waals surface area contributed by atoms with E-state index in [1.54, 1.807) is 19.2 Å². The monoisotopic (exact) mass is 454 g/mol. The van der Waals surface area contributed by atoms with Crippen molar-refractivity contribution >= 4 is 17.5 Å². The molecular weight excluding hydrogens is 423 g/mol. The van der Waals surface area contributed by atoms with Gasteiger partial charge in [0.2, 0.25) is 11.8 Å². The van der Waals surface area contributed by atoms with Crippen LogP contribution in [0.25, 0.3) is 0 Å². The zero-order valence-corrected chi connectivity index (χ0v) is 19.0. The number of benzene rings is 2. The number of halogens is 1. The molecule has 7 nitrogen and oxygen atoms in total. The zero-order chi connectivity index (χ0) is 23.2. The van der Waals surface area contributed by atoms with Crippen molar-refractivity contribution in [3.05, 3.63) is 59.9 Å². The first-order valence-electron chi connectivity index (χ1n) is 11.5. The number of nitrogens with zero attached hydrogens (tertiary/aromatic N) is 3. The summed E-state index contributed by atoms with van der Waals surface area (Å²) in [6, 6.07) is 12.8. The molecule has 0 bridgehead atoms. The van der Waals surface area contributed by atoms with Crippen LogP contribution in [0.5, 0.6) is 5.75 Å². The highest BCUT2D eigenvalue weighted by Gasteiger charge is 2.31. The molecular formula is C25H31FN4O3. The Balaban J connectivity index is 1.44. The highest BCUT2D eigenvalue weighted by molar-refractivity contribution is 5.95. The number of carbonyl (C=O) groups is 2. The van der Waals surface area contributed by atoms with E-state index in [-0.39, 0.29) is 17.6 Å². The van der Waals surface area contributed by atoms with Crippen molar-refractivity contribution in [3.63, 3.8) is 0 Å². The van der Waals surface area contributed by atoms with Gasteiger partial charge in [-0.15, -0.1) is 0 Å². The maximum absolute atomic E-state index is 13.3. The van der Waals surface area contributed by atoms with E-state index in [4.69, 9.17) is 4.74 Å². The van der Waals surface area contributed by atoms with Crippen LogP contribution in [0.3, 0.4) is 0 Å². The lowest BCUT2D eigenvalue weighted by molar-refractivity contribution is -0.132. The Morgan fingerprint density at radius 1 is 0.939 bits per heavy atom. The molecule has 2 saturated heterocycles. The average Bonchev–Trinajstić information content (AvgIpc) is 3.38. The highest BCUT2D eigenvalue weighted by atomic mass is 19.1. The first-order valence-corrected chi connectivity index (χ1v) is 11.5. The molecule has 2 heterocycles. The lowest BCUT2D eigenvalue weighted by Crippen LogP contribution is -2.52. The normalized spacial score (nSPS) is 18.2. The van der Waals surface area contributed by atoms with Crippen LogP contribution >= 0.6 is 0 Å². The number of amides is 2. The molecule has 2 amide bonds. The van der Waals surface area contributed by atoms with Gasteiger partial charge in [-0.1, -0.05) is 12.1 Å². The Labute approximate surface area is 194 Å². The van der Waals surface area contributed by atoms with E-state index >= 15 is 0 Å². The zero-order valence-electron chi connectivity index (χ0n) is 19.0. The molecule has 0 aromatic heterocycles. The van der Waals surface area contributed by atoms with Crippen molar-refractivity contribution in [2.24, 2.45) is 0 Å². The fourth-order valence-electron chi connectivity index (χ4n) is 4.50. The molecule has 0 aliphatic carbocycles. The molecule has 176 valence electrons. The maximum Gasteiger partial charge on any atom is 0.246 e. The van der Waals surface area contributed by atoms with E-state index in [0.29, 0.717) is 25.3 Å². The second-order valence-electron chi connectivity index (χ2n) is 8.57. The van der Waals surface area contributed by atoms with Crippen LogP contribution in [-0.4, -0.2) is 79.4 Å². The second kappa shape index (κ2) is 10.8. The predicted molar refractivity (Wildman–Crippen MR) is 125 cm³/mol.